The maximum atomic E-state index is 13.8. The quantitative estimate of drug-likeness (QED) is 0.0238. The van der Waals surface area contributed by atoms with Crippen molar-refractivity contribution in [1.29, 1.82) is 0 Å². The highest BCUT2D eigenvalue weighted by Gasteiger charge is 2.51. The summed E-state index contributed by atoms with van der Waals surface area (Å²) in [5.74, 6) is -8.87. The van der Waals surface area contributed by atoms with Crippen LogP contribution in [-0.2, 0) is 49.6 Å². The van der Waals surface area contributed by atoms with E-state index in [1.807, 2.05) is 0 Å². The third-order valence-corrected chi connectivity index (χ3v) is 9.66. The van der Waals surface area contributed by atoms with Gasteiger partial charge in [-0.1, -0.05) is 25.7 Å². The summed E-state index contributed by atoms with van der Waals surface area (Å²) in [6.07, 6.45) is 4.05. The second kappa shape index (κ2) is 26.5. The number of hydrogen-bond donors (Lipinski definition) is 8. The number of amides is 6. The molecule has 1 aromatic rings. The molecule has 3 unspecified atom stereocenters. The van der Waals surface area contributed by atoms with Crippen molar-refractivity contribution in [3.8, 4) is 0 Å². The van der Waals surface area contributed by atoms with Gasteiger partial charge in [0.25, 0.3) is 24.2 Å². The van der Waals surface area contributed by atoms with Gasteiger partial charge in [-0.15, -0.1) is 0 Å². The topological polar surface area (TPSA) is 290 Å². The predicted molar refractivity (Wildman–Crippen MR) is 214 cm³/mol. The molecule has 1 fully saturated rings. The first kappa shape index (κ1) is 51.4. The van der Waals surface area contributed by atoms with Gasteiger partial charge in [0, 0.05) is 49.7 Å². The van der Waals surface area contributed by atoms with E-state index in [-0.39, 0.29) is 61.8 Å². The van der Waals surface area contributed by atoms with E-state index in [9.17, 15) is 51.9 Å². The summed E-state index contributed by atoms with van der Waals surface area (Å²) in [4.78, 5) is 117. The van der Waals surface area contributed by atoms with E-state index < -0.39 is 91.3 Å². The van der Waals surface area contributed by atoms with Gasteiger partial charge in [0.1, 0.15) is 43.0 Å². The summed E-state index contributed by atoms with van der Waals surface area (Å²) in [7, 11) is 0. The number of likely N-dealkylation sites (tertiary alicyclic amines) is 1. The lowest BCUT2D eigenvalue weighted by Gasteiger charge is -2.21. The molecule has 8 N–H and O–H groups in total. The number of carboxylic acid groups (broad SMARTS) is 1. The molecule has 61 heavy (non-hydrogen) atoms. The van der Waals surface area contributed by atoms with Gasteiger partial charge in [-0.05, 0) is 31.9 Å². The van der Waals surface area contributed by atoms with Crippen LogP contribution in [-0.4, -0.2) is 130 Å². The van der Waals surface area contributed by atoms with Gasteiger partial charge in [0.2, 0.25) is 23.6 Å². The standard InChI is InChI=1S/C38H53F2N9O11S/c1-23(36(57)49-21-38(39,40)16-30(49)42-2)46-33(54)24-13-14-43-25(15-24)17-44-32(53)12-11-26(51)9-7-5-3-4-6-8-10-31(52)45-18-27(41)34(55)47-28(19-60-22-50)35(56)48-29(20-61)37(58)59/h13-15,22-23,27-30,61H,3-12,16-21,41H2,1H3,(H,44,53)(H,45,52)(H,46,54)(H,47,55)(H,48,56)(H,58,59)/t23-,27?,28?,29?,30-/m0/s1. The van der Waals surface area contributed by atoms with Crippen LogP contribution in [0.2, 0.25) is 0 Å². The first-order chi connectivity index (χ1) is 28.9. The number of alkyl halides is 2. The van der Waals surface area contributed by atoms with Crippen molar-refractivity contribution in [2.24, 2.45) is 5.73 Å². The highest BCUT2D eigenvalue weighted by Crippen LogP contribution is 2.33. The maximum absolute atomic E-state index is 13.8. The van der Waals surface area contributed by atoms with Gasteiger partial charge in [0.05, 0.1) is 18.8 Å². The lowest BCUT2D eigenvalue weighted by molar-refractivity contribution is -0.142. The molecule has 1 saturated heterocycles. The number of ether oxygens (including phenoxy) is 1. The van der Waals surface area contributed by atoms with Gasteiger partial charge in [-0.25, -0.2) is 20.1 Å². The highest BCUT2D eigenvalue weighted by atomic mass is 32.1. The number of pyridine rings is 1. The number of rotatable bonds is 28. The SMILES string of the molecule is [C-]#[N+][C@@H]1CC(F)(F)CN1C(=O)[C@H](C)NC(=O)c1ccnc(CNC(=O)CCC(=O)CCCCCCCCC(=O)NCC(N)C(=O)NC(COC=O)C(=O)NC(CS)C(=O)O)c1. The minimum Gasteiger partial charge on any atom is -0.480 e. The smallest absolute Gasteiger partial charge is 0.327 e. The molecule has 336 valence electrons. The second-order valence-electron chi connectivity index (χ2n) is 14.3. The fourth-order valence-electron chi connectivity index (χ4n) is 5.87. The fraction of sp³-hybridized carbons (Fsp3) is 0.605. The molecule has 1 aromatic heterocycles. The summed E-state index contributed by atoms with van der Waals surface area (Å²) in [5, 5.41) is 21.1. The number of Topliss-reactive ketones (excluding diaryl/α,β-unsaturated/α-hetero) is 1. The number of hydrogen-bond acceptors (Lipinski definition) is 13. The Morgan fingerprint density at radius 2 is 1.62 bits per heavy atom. The lowest BCUT2D eigenvalue weighted by atomic mass is 10.0. The zero-order chi connectivity index (χ0) is 45.5. The minimum atomic E-state index is -3.19. The first-order valence-electron chi connectivity index (χ1n) is 19.5. The molecular weight excluding hydrogens is 829 g/mol. The van der Waals surface area contributed by atoms with Crippen molar-refractivity contribution in [1.82, 2.24) is 36.5 Å². The second-order valence-corrected chi connectivity index (χ2v) is 14.7. The average molecular weight is 882 g/mol. The number of nitrogens with one attached hydrogen (secondary N) is 5. The molecule has 0 radical (unpaired) electrons. The van der Waals surface area contributed by atoms with Crippen LogP contribution in [0.15, 0.2) is 18.3 Å². The van der Waals surface area contributed by atoms with E-state index in [2.05, 4.69) is 53.8 Å². The molecule has 0 bridgehead atoms. The Labute approximate surface area is 356 Å². The molecule has 0 saturated carbocycles. The van der Waals surface area contributed by atoms with Gasteiger partial charge >= 0.3 is 12.1 Å². The van der Waals surface area contributed by atoms with Crippen LogP contribution < -0.4 is 32.3 Å². The van der Waals surface area contributed by atoms with E-state index in [1.165, 1.54) is 25.3 Å². The van der Waals surface area contributed by atoms with Crippen molar-refractivity contribution in [2.45, 2.75) is 120 Å². The predicted octanol–water partition coefficient (Wildman–Crippen LogP) is -0.000310. The van der Waals surface area contributed by atoms with Crippen LogP contribution in [0.3, 0.4) is 0 Å². The minimum absolute atomic E-state index is 0.0385. The Hall–Kier alpha value is -5.76. The lowest BCUT2D eigenvalue weighted by Crippen LogP contribution is -2.57. The summed E-state index contributed by atoms with van der Waals surface area (Å²) < 4.78 is 32.1. The summed E-state index contributed by atoms with van der Waals surface area (Å²) >= 11 is 3.84. The third kappa shape index (κ3) is 19.0. The van der Waals surface area contributed by atoms with E-state index >= 15 is 0 Å². The Kier molecular flexibility index (Phi) is 22.3. The highest BCUT2D eigenvalue weighted by molar-refractivity contribution is 7.80. The van der Waals surface area contributed by atoms with Gasteiger partial charge in [-0.3, -0.25) is 53.1 Å². The van der Waals surface area contributed by atoms with E-state index in [1.54, 1.807) is 0 Å². The molecular formula is C38H53F2N9O11S. The number of ketones is 1. The Morgan fingerprint density at radius 3 is 2.26 bits per heavy atom. The largest absolute Gasteiger partial charge is 0.480 e. The number of nitrogens with zero attached hydrogens (tertiary/aromatic N) is 3. The van der Waals surface area contributed by atoms with Crippen molar-refractivity contribution in [3.05, 3.63) is 41.0 Å². The molecule has 5 atom stereocenters. The number of nitrogens with two attached hydrogens (primary N) is 1. The molecule has 0 aromatic carbocycles. The summed E-state index contributed by atoms with van der Waals surface area (Å²) in [6.45, 7) is 6.71. The number of aliphatic carboxylic acids is 1. The van der Waals surface area contributed by atoms with Crippen LogP contribution in [0, 0.1) is 6.57 Å². The maximum Gasteiger partial charge on any atom is 0.327 e. The van der Waals surface area contributed by atoms with Crippen LogP contribution in [0.1, 0.15) is 93.6 Å². The summed E-state index contributed by atoms with van der Waals surface area (Å²) in [6, 6.07) is -2.47. The number of thiol groups is 1. The van der Waals surface area contributed by atoms with E-state index in [4.69, 9.17) is 17.4 Å². The Morgan fingerprint density at radius 1 is 0.984 bits per heavy atom. The molecule has 2 heterocycles. The molecule has 20 nitrogen and oxygen atoms in total. The Bertz CT molecular complexity index is 1770. The molecule has 0 spiro atoms. The first-order valence-corrected chi connectivity index (χ1v) is 20.2. The van der Waals surface area contributed by atoms with E-state index in [0.29, 0.717) is 25.0 Å². The molecule has 23 heteroatoms. The zero-order valence-electron chi connectivity index (χ0n) is 33.7. The van der Waals surface area contributed by atoms with Crippen molar-refractivity contribution >= 4 is 66.3 Å². The van der Waals surface area contributed by atoms with Gasteiger partial charge in [0.15, 0.2) is 0 Å². The van der Waals surface area contributed by atoms with Crippen LogP contribution in [0.4, 0.5) is 8.78 Å². The number of halogens is 2. The number of carbonyl (C=O) groups is 9. The Balaban J connectivity index is 1.58. The zero-order valence-corrected chi connectivity index (χ0v) is 34.6. The van der Waals surface area contributed by atoms with E-state index in [0.717, 1.165) is 30.6 Å². The van der Waals surface area contributed by atoms with Crippen LogP contribution >= 0.6 is 12.6 Å². The van der Waals surface area contributed by atoms with Gasteiger partial charge in [-0.2, -0.15) is 12.6 Å². The van der Waals surface area contributed by atoms with Crippen molar-refractivity contribution < 1.29 is 61.8 Å². The molecule has 2 rings (SSSR count). The monoisotopic (exact) mass is 881 g/mol. The number of aromatic nitrogens is 1. The number of carbonyl (C=O) groups excluding carboxylic acids is 8. The normalized spacial score (nSPS) is 16.1. The summed E-state index contributed by atoms with van der Waals surface area (Å²) in [5.41, 5.74) is 6.26. The van der Waals surface area contributed by atoms with Crippen molar-refractivity contribution in [2.75, 3.05) is 25.4 Å². The van der Waals surface area contributed by atoms with Crippen LogP contribution in [0.5, 0.6) is 0 Å². The molecule has 0 aliphatic carbocycles. The third-order valence-electron chi connectivity index (χ3n) is 9.30. The molecule has 6 amide bonds. The van der Waals surface area contributed by atoms with Gasteiger partial charge < -0.3 is 42.2 Å². The molecule has 1 aliphatic rings. The van der Waals surface area contributed by atoms with Crippen LogP contribution in [0.25, 0.3) is 4.85 Å². The molecule has 1 aliphatic heterocycles. The fourth-order valence-corrected chi connectivity index (χ4v) is 6.12. The number of unbranched alkanes of at least 4 members (excludes halogenated alkanes) is 5. The number of carboxylic acids is 1. The average Bonchev–Trinajstić information content (AvgIpc) is 3.56. The van der Waals surface area contributed by atoms with Crippen molar-refractivity contribution in [3.63, 3.8) is 0 Å².